The zero-order valence-electron chi connectivity index (χ0n) is 21.7. The molecule has 0 spiro atoms. The Morgan fingerprint density at radius 2 is 1.95 bits per heavy atom. The fourth-order valence-corrected chi connectivity index (χ4v) is 4.70. The summed E-state index contributed by atoms with van der Waals surface area (Å²) in [5.41, 5.74) is 4.85. The van der Waals surface area contributed by atoms with Gasteiger partial charge in [-0.25, -0.2) is 4.98 Å². The van der Waals surface area contributed by atoms with Crippen LogP contribution in [0.2, 0.25) is 0 Å². The highest BCUT2D eigenvalue weighted by Crippen LogP contribution is 2.41. The topological polar surface area (TPSA) is 87.9 Å². The van der Waals surface area contributed by atoms with Gasteiger partial charge in [0.15, 0.2) is 12.3 Å². The van der Waals surface area contributed by atoms with Crippen molar-refractivity contribution in [2.45, 2.75) is 38.8 Å². The number of aromatic nitrogens is 1. The number of rotatable bonds is 9. The number of amides is 2. The zero-order chi connectivity index (χ0) is 25.9. The van der Waals surface area contributed by atoms with E-state index in [-0.39, 0.29) is 36.1 Å². The van der Waals surface area contributed by atoms with Crippen molar-refractivity contribution < 1.29 is 18.7 Å². The van der Waals surface area contributed by atoms with Crippen LogP contribution in [0.25, 0.3) is 0 Å². The highest BCUT2D eigenvalue weighted by atomic mass is 16.5. The van der Waals surface area contributed by atoms with Gasteiger partial charge in [-0.15, -0.1) is 0 Å². The zero-order valence-corrected chi connectivity index (χ0v) is 21.7. The molecule has 2 aliphatic rings. The van der Waals surface area contributed by atoms with Gasteiger partial charge in [-0.3, -0.25) is 9.59 Å². The standard InChI is InChI=1S/C29H34N4O4/c1-19-4-6-21(7-5-19)27-24-16-23(11-10-20(24)12-14-33(27)29(35)22-8-9-22)36-18-26-31-25(17-37-26)28(34)30-13-15-32(2)3/h4-7,10-11,16-17,22,27H,8-9,12-15,18H2,1-3H3,(H,30,34). The molecule has 2 amide bonds. The molecule has 1 unspecified atom stereocenters. The van der Waals surface area contributed by atoms with E-state index in [9.17, 15) is 9.59 Å². The maximum atomic E-state index is 13.2. The third kappa shape index (κ3) is 5.85. The average molecular weight is 503 g/mol. The first kappa shape index (κ1) is 25.0. The van der Waals surface area contributed by atoms with Crippen LogP contribution >= 0.6 is 0 Å². The summed E-state index contributed by atoms with van der Waals surface area (Å²) in [5.74, 6) is 1.14. The minimum Gasteiger partial charge on any atom is -0.484 e. The summed E-state index contributed by atoms with van der Waals surface area (Å²) in [4.78, 5) is 33.8. The minimum atomic E-state index is -0.271. The summed E-state index contributed by atoms with van der Waals surface area (Å²) in [7, 11) is 3.90. The predicted molar refractivity (Wildman–Crippen MR) is 139 cm³/mol. The average Bonchev–Trinajstić information content (AvgIpc) is 3.63. The van der Waals surface area contributed by atoms with Crippen molar-refractivity contribution >= 4 is 11.8 Å². The molecule has 2 aromatic carbocycles. The van der Waals surface area contributed by atoms with Crippen molar-refractivity contribution in [1.82, 2.24) is 20.1 Å². The van der Waals surface area contributed by atoms with Crippen LogP contribution in [0.4, 0.5) is 0 Å². The van der Waals surface area contributed by atoms with Gasteiger partial charge in [-0.2, -0.15) is 0 Å². The Balaban J connectivity index is 1.32. The largest absolute Gasteiger partial charge is 0.484 e. The van der Waals surface area contributed by atoms with Gasteiger partial charge in [0.1, 0.15) is 12.0 Å². The molecule has 37 heavy (non-hydrogen) atoms. The third-order valence-electron chi connectivity index (χ3n) is 6.94. The van der Waals surface area contributed by atoms with E-state index in [4.69, 9.17) is 9.15 Å². The van der Waals surface area contributed by atoms with E-state index in [1.54, 1.807) is 0 Å². The van der Waals surface area contributed by atoms with Crippen LogP contribution in [0.1, 0.15) is 57.5 Å². The maximum absolute atomic E-state index is 13.2. The maximum Gasteiger partial charge on any atom is 0.273 e. The lowest BCUT2D eigenvalue weighted by atomic mass is 9.87. The highest BCUT2D eigenvalue weighted by Gasteiger charge is 2.39. The van der Waals surface area contributed by atoms with Gasteiger partial charge < -0.3 is 24.3 Å². The number of ether oxygens (including phenoxy) is 1. The molecular weight excluding hydrogens is 468 g/mol. The molecule has 0 radical (unpaired) electrons. The number of aryl methyl sites for hydroxylation is 1. The summed E-state index contributed by atoms with van der Waals surface area (Å²) >= 11 is 0. The van der Waals surface area contributed by atoms with Crippen LogP contribution in [0, 0.1) is 12.8 Å². The quantitative estimate of drug-likeness (QED) is 0.480. The Kier molecular flexibility index (Phi) is 7.28. The summed E-state index contributed by atoms with van der Waals surface area (Å²) in [6, 6.07) is 14.4. The number of carbonyl (C=O) groups is 2. The van der Waals surface area contributed by atoms with Crippen LogP contribution in [0.15, 0.2) is 53.1 Å². The number of carbonyl (C=O) groups excluding carboxylic acids is 2. The lowest BCUT2D eigenvalue weighted by molar-refractivity contribution is -0.134. The number of likely N-dealkylation sites (N-methyl/N-ethyl adjacent to an activating group) is 1. The number of oxazole rings is 1. The van der Waals surface area contributed by atoms with E-state index in [1.165, 1.54) is 17.4 Å². The third-order valence-corrected chi connectivity index (χ3v) is 6.94. The number of hydrogen-bond donors (Lipinski definition) is 1. The lowest BCUT2D eigenvalue weighted by Gasteiger charge is -2.38. The number of hydrogen-bond acceptors (Lipinski definition) is 6. The van der Waals surface area contributed by atoms with Gasteiger partial charge in [-0.05, 0) is 69.1 Å². The van der Waals surface area contributed by atoms with Crippen molar-refractivity contribution in [2.24, 2.45) is 5.92 Å². The van der Waals surface area contributed by atoms with E-state index < -0.39 is 0 Å². The fraction of sp³-hybridized carbons (Fsp3) is 0.414. The molecule has 8 heteroatoms. The summed E-state index contributed by atoms with van der Waals surface area (Å²) in [5, 5.41) is 2.82. The number of nitrogens with zero attached hydrogens (tertiary/aromatic N) is 3. The van der Waals surface area contributed by atoms with Crippen LogP contribution < -0.4 is 10.1 Å². The summed E-state index contributed by atoms with van der Waals surface area (Å²) < 4.78 is 11.5. The second-order valence-corrected chi connectivity index (χ2v) is 10.2. The molecule has 1 atom stereocenters. The summed E-state index contributed by atoms with van der Waals surface area (Å²) in [6.07, 6.45) is 4.14. The van der Waals surface area contributed by atoms with E-state index >= 15 is 0 Å². The minimum absolute atomic E-state index is 0.101. The second kappa shape index (κ2) is 10.8. The normalized spacial score (nSPS) is 17.0. The van der Waals surface area contributed by atoms with Gasteiger partial charge in [0.05, 0.1) is 6.04 Å². The molecule has 3 aromatic rings. The van der Waals surface area contributed by atoms with Gasteiger partial charge in [-0.1, -0.05) is 35.9 Å². The molecule has 0 saturated heterocycles. The highest BCUT2D eigenvalue weighted by molar-refractivity contribution is 5.91. The molecule has 8 nitrogen and oxygen atoms in total. The first-order valence-electron chi connectivity index (χ1n) is 12.9. The van der Waals surface area contributed by atoms with Gasteiger partial charge in [0.25, 0.3) is 5.91 Å². The smallest absolute Gasteiger partial charge is 0.273 e. The monoisotopic (exact) mass is 502 g/mol. The second-order valence-electron chi connectivity index (χ2n) is 10.2. The molecule has 0 bridgehead atoms. The van der Waals surface area contributed by atoms with E-state index in [1.807, 2.05) is 36.0 Å². The number of benzene rings is 2. The lowest BCUT2D eigenvalue weighted by Crippen LogP contribution is -2.41. The molecule has 2 heterocycles. The van der Waals surface area contributed by atoms with Crippen molar-refractivity contribution in [3.8, 4) is 5.75 Å². The van der Waals surface area contributed by atoms with Gasteiger partial charge in [0, 0.05) is 25.6 Å². The van der Waals surface area contributed by atoms with E-state index in [0.29, 0.717) is 18.2 Å². The molecule has 5 rings (SSSR count). The van der Waals surface area contributed by atoms with Crippen molar-refractivity contribution in [3.63, 3.8) is 0 Å². The van der Waals surface area contributed by atoms with Crippen LogP contribution in [-0.2, 0) is 17.8 Å². The Labute approximate surface area is 217 Å². The molecule has 1 aromatic heterocycles. The van der Waals surface area contributed by atoms with Crippen LogP contribution in [0.3, 0.4) is 0 Å². The molecular formula is C29H34N4O4. The van der Waals surface area contributed by atoms with Crippen molar-refractivity contribution in [2.75, 3.05) is 33.7 Å². The first-order valence-corrected chi connectivity index (χ1v) is 12.9. The summed E-state index contributed by atoms with van der Waals surface area (Å²) in [6.45, 7) is 4.16. The van der Waals surface area contributed by atoms with Crippen LogP contribution in [-0.4, -0.2) is 60.3 Å². The molecule has 1 N–H and O–H groups in total. The van der Waals surface area contributed by atoms with E-state index in [0.717, 1.165) is 43.5 Å². The van der Waals surface area contributed by atoms with Crippen LogP contribution in [0.5, 0.6) is 5.75 Å². The van der Waals surface area contributed by atoms with Crippen molar-refractivity contribution in [3.05, 3.63) is 82.6 Å². The Morgan fingerprint density at radius 3 is 2.68 bits per heavy atom. The first-order chi connectivity index (χ1) is 17.9. The predicted octanol–water partition coefficient (Wildman–Crippen LogP) is 3.74. The van der Waals surface area contributed by atoms with E-state index in [2.05, 4.69) is 47.6 Å². The van der Waals surface area contributed by atoms with Gasteiger partial charge in [0.2, 0.25) is 11.8 Å². The Bertz CT molecular complexity index is 1260. The number of fused-ring (bicyclic) bond motifs is 1. The fourth-order valence-electron chi connectivity index (χ4n) is 4.70. The molecule has 1 fully saturated rings. The molecule has 1 saturated carbocycles. The molecule has 1 aliphatic heterocycles. The Morgan fingerprint density at radius 1 is 1.16 bits per heavy atom. The van der Waals surface area contributed by atoms with Crippen molar-refractivity contribution in [1.29, 1.82) is 0 Å². The van der Waals surface area contributed by atoms with Gasteiger partial charge >= 0.3 is 0 Å². The molecule has 1 aliphatic carbocycles. The SMILES string of the molecule is Cc1ccc(C2c3cc(OCc4nc(C(=O)NCCN(C)C)co4)ccc3CCN2C(=O)C2CC2)cc1. The molecule has 194 valence electrons. The number of nitrogens with one attached hydrogen (secondary N) is 1. The Hall–Kier alpha value is -3.65.